The highest BCUT2D eigenvalue weighted by Crippen LogP contribution is 2.26. The second kappa shape index (κ2) is 5.99. The minimum atomic E-state index is -0.398. The van der Waals surface area contributed by atoms with Gasteiger partial charge in [-0.3, -0.25) is 4.90 Å². The zero-order valence-corrected chi connectivity index (χ0v) is 11.1. The minimum Gasteiger partial charge on any atom is -0.394 e. The van der Waals surface area contributed by atoms with Crippen LogP contribution in [0.5, 0.6) is 0 Å². The number of hydrogen-bond acceptors (Lipinski definition) is 3. The second-order valence-corrected chi connectivity index (χ2v) is 5.64. The molecule has 0 spiro atoms. The van der Waals surface area contributed by atoms with Crippen LogP contribution in [0.25, 0.3) is 0 Å². The van der Waals surface area contributed by atoms with Gasteiger partial charge in [0.05, 0.1) is 6.61 Å². The molecule has 3 atom stereocenters. The van der Waals surface area contributed by atoms with E-state index in [0.717, 1.165) is 31.5 Å². The maximum absolute atomic E-state index is 9.10. The topological polar surface area (TPSA) is 49.5 Å². The molecule has 0 saturated carbocycles. The molecule has 0 aromatic carbocycles. The molecule has 0 amide bonds. The third-order valence-electron chi connectivity index (χ3n) is 3.95. The lowest BCUT2D eigenvalue weighted by molar-refractivity contribution is 0.167. The Bertz CT molecular complexity index is 206. The Balaban J connectivity index is 2.31. The molecule has 3 unspecified atom stereocenters. The molecule has 0 aliphatic carbocycles. The van der Waals surface area contributed by atoms with Gasteiger partial charge >= 0.3 is 0 Å². The average Bonchev–Trinajstić information content (AvgIpc) is 2.60. The Morgan fingerprint density at radius 1 is 1.44 bits per heavy atom. The molecule has 1 saturated heterocycles. The van der Waals surface area contributed by atoms with Crippen LogP contribution < -0.4 is 5.73 Å². The summed E-state index contributed by atoms with van der Waals surface area (Å²) in [6.07, 6.45) is 5.93. The van der Waals surface area contributed by atoms with Crippen molar-refractivity contribution in [3.05, 3.63) is 0 Å². The third-order valence-corrected chi connectivity index (χ3v) is 3.95. The molecule has 0 radical (unpaired) electrons. The first-order valence-electron chi connectivity index (χ1n) is 6.65. The fourth-order valence-corrected chi connectivity index (χ4v) is 2.71. The van der Waals surface area contributed by atoms with Crippen molar-refractivity contribution < 1.29 is 5.11 Å². The van der Waals surface area contributed by atoms with Crippen LogP contribution in [0.4, 0.5) is 0 Å². The monoisotopic (exact) mass is 228 g/mol. The Kier molecular flexibility index (Phi) is 5.22. The van der Waals surface area contributed by atoms with Gasteiger partial charge in [-0.2, -0.15) is 0 Å². The highest BCUT2D eigenvalue weighted by molar-refractivity contribution is 4.85. The van der Waals surface area contributed by atoms with E-state index in [1.54, 1.807) is 0 Å². The zero-order valence-electron chi connectivity index (χ0n) is 11.1. The van der Waals surface area contributed by atoms with Crippen molar-refractivity contribution in [2.45, 2.75) is 70.5 Å². The number of nitrogens with zero attached hydrogens (tertiary/aromatic N) is 1. The van der Waals surface area contributed by atoms with E-state index in [-0.39, 0.29) is 6.61 Å². The molecule has 3 N–H and O–H groups in total. The van der Waals surface area contributed by atoms with Crippen molar-refractivity contribution in [2.75, 3.05) is 13.2 Å². The van der Waals surface area contributed by atoms with Gasteiger partial charge in [0.25, 0.3) is 0 Å². The lowest BCUT2D eigenvalue weighted by Crippen LogP contribution is -2.42. The summed E-state index contributed by atoms with van der Waals surface area (Å²) >= 11 is 0. The molecule has 0 bridgehead atoms. The van der Waals surface area contributed by atoms with Crippen LogP contribution in [0, 0.1) is 0 Å². The molecule has 0 aromatic rings. The molecule has 0 aromatic heterocycles. The van der Waals surface area contributed by atoms with Crippen molar-refractivity contribution in [2.24, 2.45) is 5.73 Å². The van der Waals surface area contributed by atoms with Crippen LogP contribution in [-0.2, 0) is 0 Å². The lowest BCUT2D eigenvalue weighted by Gasteiger charge is -2.29. The molecular weight excluding hydrogens is 200 g/mol. The van der Waals surface area contributed by atoms with Gasteiger partial charge in [0, 0.05) is 17.6 Å². The summed E-state index contributed by atoms with van der Waals surface area (Å²) in [5.41, 5.74) is 5.54. The van der Waals surface area contributed by atoms with E-state index in [9.17, 15) is 0 Å². The molecule has 1 fully saturated rings. The second-order valence-electron chi connectivity index (χ2n) is 5.64. The highest BCUT2D eigenvalue weighted by atomic mass is 16.3. The van der Waals surface area contributed by atoms with E-state index in [0.29, 0.717) is 0 Å². The van der Waals surface area contributed by atoms with Gasteiger partial charge < -0.3 is 10.8 Å². The van der Waals surface area contributed by atoms with Gasteiger partial charge in [0.2, 0.25) is 0 Å². The van der Waals surface area contributed by atoms with Crippen molar-refractivity contribution >= 4 is 0 Å². The summed E-state index contributed by atoms with van der Waals surface area (Å²) in [7, 11) is 0. The Hall–Kier alpha value is -0.120. The molecule has 1 heterocycles. The van der Waals surface area contributed by atoms with Crippen LogP contribution in [-0.4, -0.2) is 40.8 Å². The van der Waals surface area contributed by atoms with Crippen LogP contribution in [0.3, 0.4) is 0 Å². The number of aliphatic hydroxyl groups is 1. The highest BCUT2D eigenvalue weighted by Gasteiger charge is 2.29. The molecule has 96 valence electrons. The maximum Gasteiger partial charge on any atom is 0.0608 e. The first kappa shape index (κ1) is 13.9. The van der Waals surface area contributed by atoms with Gasteiger partial charge in [-0.25, -0.2) is 0 Å². The molecule has 3 heteroatoms. The largest absolute Gasteiger partial charge is 0.394 e. The molecule has 1 rings (SSSR count). The fourth-order valence-electron chi connectivity index (χ4n) is 2.71. The normalized spacial score (nSPS) is 30.6. The number of likely N-dealkylation sites (tertiary alicyclic amines) is 1. The van der Waals surface area contributed by atoms with E-state index in [1.165, 1.54) is 19.3 Å². The first-order chi connectivity index (χ1) is 7.50. The van der Waals surface area contributed by atoms with Crippen LogP contribution >= 0.6 is 0 Å². The fraction of sp³-hybridized carbons (Fsp3) is 1.00. The predicted molar refractivity (Wildman–Crippen MR) is 68.4 cm³/mol. The van der Waals surface area contributed by atoms with Gasteiger partial charge in [-0.15, -0.1) is 0 Å². The van der Waals surface area contributed by atoms with Crippen LogP contribution in [0.1, 0.15) is 52.9 Å². The van der Waals surface area contributed by atoms with Crippen molar-refractivity contribution in [1.29, 1.82) is 0 Å². The standard InChI is InChI=1S/C13H28N2O/c1-4-12-7-6-11(2)15(12)9-5-8-13(3,14)10-16/h11-12,16H,4-10,14H2,1-3H3. The Labute approximate surface area is 100 Å². The Morgan fingerprint density at radius 2 is 2.12 bits per heavy atom. The van der Waals surface area contributed by atoms with E-state index < -0.39 is 5.54 Å². The first-order valence-corrected chi connectivity index (χ1v) is 6.65. The quantitative estimate of drug-likeness (QED) is 0.728. The van der Waals surface area contributed by atoms with Crippen molar-refractivity contribution in [3.8, 4) is 0 Å². The molecular formula is C13H28N2O. The molecule has 1 aliphatic rings. The summed E-state index contributed by atoms with van der Waals surface area (Å²) in [5, 5.41) is 9.10. The SMILES string of the molecule is CCC1CCC(C)N1CCCC(C)(N)CO. The van der Waals surface area contributed by atoms with Crippen molar-refractivity contribution in [3.63, 3.8) is 0 Å². The average molecular weight is 228 g/mol. The molecule has 1 aliphatic heterocycles. The summed E-state index contributed by atoms with van der Waals surface area (Å²) in [5.74, 6) is 0. The summed E-state index contributed by atoms with van der Waals surface area (Å²) < 4.78 is 0. The van der Waals surface area contributed by atoms with Crippen LogP contribution in [0.2, 0.25) is 0 Å². The Morgan fingerprint density at radius 3 is 2.69 bits per heavy atom. The minimum absolute atomic E-state index is 0.0831. The van der Waals surface area contributed by atoms with E-state index >= 15 is 0 Å². The number of hydrogen-bond donors (Lipinski definition) is 2. The molecule has 16 heavy (non-hydrogen) atoms. The summed E-state index contributed by atoms with van der Waals surface area (Å²) in [4.78, 5) is 2.62. The summed E-state index contributed by atoms with van der Waals surface area (Å²) in [6.45, 7) is 7.74. The number of nitrogens with two attached hydrogens (primary N) is 1. The van der Waals surface area contributed by atoms with Gasteiger partial charge in [-0.1, -0.05) is 6.92 Å². The smallest absolute Gasteiger partial charge is 0.0608 e. The van der Waals surface area contributed by atoms with Gasteiger partial charge in [0.1, 0.15) is 0 Å². The molecule has 3 nitrogen and oxygen atoms in total. The van der Waals surface area contributed by atoms with Gasteiger partial charge in [-0.05, 0) is 52.5 Å². The zero-order chi connectivity index (χ0) is 12.2. The van der Waals surface area contributed by atoms with E-state index in [2.05, 4.69) is 18.7 Å². The maximum atomic E-state index is 9.10. The van der Waals surface area contributed by atoms with E-state index in [4.69, 9.17) is 10.8 Å². The third kappa shape index (κ3) is 3.72. The number of aliphatic hydroxyl groups excluding tert-OH is 1. The van der Waals surface area contributed by atoms with E-state index in [1.807, 2.05) is 6.92 Å². The lowest BCUT2D eigenvalue weighted by atomic mass is 9.98. The predicted octanol–water partition coefficient (Wildman–Crippen LogP) is 1.74. The van der Waals surface area contributed by atoms with Crippen LogP contribution in [0.15, 0.2) is 0 Å². The van der Waals surface area contributed by atoms with Gasteiger partial charge in [0.15, 0.2) is 0 Å². The number of rotatable bonds is 6. The van der Waals surface area contributed by atoms with Crippen molar-refractivity contribution in [1.82, 2.24) is 4.90 Å². The summed E-state index contributed by atoms with van der Waals surface area (Å²) in [6, 6.07) is 1.50.